The molecule has 0 bridgehead atoms. The molecule has 0 atom stereocenters. The molecule has 14 heteroatoms. The summed E-state index contributed by atoms with van der Waals surface area (Å²) in [5.41, 5.74) is 2.29. The Morgan fingerprint density at radius 2 is 1.92 bits per heavy atom. The molecule has 1 aromatic carbocycles. The molecular weight excluding hydrogens is 483 g/mol. The molecule has 0 fully saturated rings. The Morgan fingerprint density at radius 3 is 2.56 bits per heavy atom. The second kappa shape index (κ2) is 12.1. The van der Waals surface area contributed by atoms with Gasteiger partial charge in [-0.05, 0) is 49.6 Å². The van der Waals surface area contributed by atoms with Crippen LogP contribution in [0.2, 0.25) is 0 Å². The van der Waals surface area contributed by atoms with Gasteiger partial charge in [0.05, 0.1) is 12.8 Å². The predicted molar refractivity (Wildman–Crippen MR) is 124 cm³/mol. The molecule has 0 saturated heterocycles. The first-order chi connectivity index (χ1) is 17.1. The minimum absolute atomic E-state index is 0.0931. The predicted octanol–water partition coefficient (Wildman–Crippen LogP) is 3.47. The summed E-state index contributed by atoms with van der Waals surface area (Å²) < 4.78 is 47.2. The van der Waals surface area contributed by atoms with Crippen LogP contribution in [0.25, 0.3) is 0 Å². The maximum atomic E-state index is 12.7. The average Bonchev–Trinajstić information content (AvgIpc) is 3.41. The van der Waals surface area contributed by atoms with E-state index in [4.69, 9.17) is 4.74 Å². The van der Waals surface area contributed by atoms with Crippen LogP contribution < -0.4 is 20.7 Å². The highest BCUT2D eigenvalue weighted by Gasteiger charge is 2.31. The van der Waals surface area contributed by atoms with Crippen molar-refractivity contribution in [1.82, 2.24) is 25.1 Å². The van der Waals surface area contributed by atoms with E-state index in [-0.39, 0.29) is 17.3 Å². The highest BCUT2D eigenvalue weighted by atomic mass is 19.4. The maximum absolute atomic E-state index is 12.7. The normalized spacial score (nSPS) is 11.2. The van der Waals surface area contributed by atoms with Crippen LogP contribution in [0.15, 0.2) is 36.7 Å². The molecule has 0 spiro atoms. The maximum Gasteiger partial charge on any atom is 0.573 e. The number of carbonyl (C=O) groups excluding carboxylic acids is 2. The van der Waals surface area contributed by atoms with Crippen LogP contribution in [0.1, 0.15) is 28.3 Å². The van der Waals surface area contributed by atoms with E-state index in [0.717, 1.165) is 29.8 Å². The second-order valence-electron chi connectivity index (χ2n) is 7.67. The third-order valence-electron chi connectivity index (χ3n) is 4.95. The van der Waals surface area contributed by atoms with Gasteiger partial charge in [0.2, 0.25) is 5.82 Å². The van der Waals surface area contributed by atoms with Gasteiger partial charge in [0.15, 0.2) is 5.82 Å². The minimum atomic E-state index is -4.81. The quantitative estimate of drug-likeness (QED) is 0.293. The van der Waals surface area contributed by atoms with Crippen LogP contribution in [-0.2, 0) is 17.7 Å². The zero-order chi connectivity index (χ0) is 26.1. The number of anilines is 2. The Balaban J connectivity index is 1.57. The minimum Gasteiger partial charge on any atom is -0.406 e. The standard InChI is InChI=1S/C22H26F3N7O4/c1-14-15(12-27-31-14)4-3-9-26-20(33)19-29-18(13-32(19)10-11-35-2)30-21(34)28-16-5-7-17(8-6-16)36-22(23,24)25/h5-8,12-13H,3-4,9-11H2,1-2H3,(H,26,33)(H,27,31)(H2,28,30,34). The van der Waals surface area contributed by atoms with Crippen molar-refractivity contribution in [1.29, 1.82) is 0 Å². The number of nitrogens with zero attached hydrogens (tertiary/aromatic N) is 3. The Kier molecular flexibility index (Phi) is 8.89. The highest BCUT2D eigenvalue weighted by Crippen LogP contribution is 2.24. The highest BCUT2D eigenvalue weighted by molar-refractivity contribution is 5.99. The van der Waals surface area contributed by atoms with Gasteiger partial charge in [0.1, 0.15) is 5.75 Å². The summed E-state index contributed by atoms with van der Waals surface area (Å²) in [6.45, 7) is 2.98. The van der Waals surface area contributed by atoms with E-state index in [2.05, 4.69) is 35.9 Å². The monoisotopic (exact) mass is 509 g/mol. The van der Waals surface area contributed by atoms with Crippen molar-refractivity contribution >= 4 is 23.4 Å². The van der Waals surface area contributed by atoms with Crippen LogP contribution in [-0.4, -0.2) is 58.3 Å². The number of aromatic nitrogens is 4. The van der Waals surface area contributed by atoms with Gasteiger partial charge < -0.3 is 24.7 Å². The molecule has 3 amide bonds. The molecule has 2 heterocycles. The van der Waals surface area contributed by atoms with Gasteiger partial charge in [-0.1, -0.05) is 0 Å². The molecule has 0 aliphatic heterocycles. The van der Waals surface area contributed by atoms with Crippen LogP contribution in [0.4, 0.5) is 29.5 Å². The lowest BCUT2D eigenvalue weighted by molar-refractivity contribution is -0.274. The molecule has 0 unspecified atom stereocenters. The number of aromatic amines is 1. The first-order valence-corrected chi connectivity index (χ1v) is 10.9. The summed E-state index contributed by atoms with van der Waals surface area (Å²) >= 11 is 0. The molecular formula is C22H26F3N7O4. The largest absolute Gasteiger partial charge is 0.573 e. The number of amides is 3. The van der Waals surface area contributed by atoms with E-state index in [1.54, 1.807) is 10.8 Å². The summed E-state index contributed by atoms with van der Waals surface area (Å²) in [6.07, 6.45) is -0.121. The fourth-order valence-corrected chi connectivity index (χ4v) is 3.22. The van der Waals surface area contributed by atoms with Gasteiger partial charge in [-0.15, -0.1) is 13.2 Å². The number of ether oxygens (including phenoxy) is 2. The van der Waals surface area contributed by atoms with Crippen LogP contribution in [0.5, 0.6) is 5.75 Å². The summed E-state index contributed by atoms with van der Waals surface area (Å²) in [6, 6.07) is 3.94. The number of imidazole rings is 1. The topological polar surface area (TPSA) is 135 Å². The first-order valence-electron chi connectivity index (χ1n) is 10.9. The number of urea groups is 1. The summed E-state index contributed by atoms with van der Waals surface area (Å²) in [5.74, 6) is -0.625. The van der Waals surface area contributed by atoms with E-state index >= 15 is 0 Å². The van der Waals surface area contributed by atoms with E-state index < -0.39 is 24.1 Å². The van der Waals surface area contributed by atoms with Crippen molar-refractivity contribution < 1.29 is 32.2 Å². The molecule has 0 aliphatic carbocycles. The molecule has 36 heavy (non-hydrogen) atoms. The van der Waals surface area contributed by atoms with Crippen molar-refractivity contribution in [2.24, 2.45) is 0 Å². The van der Waals surface area contributed by atoms with E-state index in [0.29, 0.717) is 26.1 Å². The van der Waals surface area contributed by atoms with Gasteiger partial charge in [-0.25, -0.2) is 9.78 Å². The number of methoxy groups -OCH3 is 1. The number of hydrogen-bond acceptors (Lipinski definition) is 6. The number of H-pyrrole nitrogens is 1. The number of benzene rings is 1. The number of alkyl halides is 3. The number of halogens is 3. The molecule has 0 aliphatic rings. The summed E-state index contributed by atoms with van der Waals surface area (Å²) in [5, 5.41) is 14.6. The lowest BCUT2D eigenvalue weighted by Crippen LogP contribution is -2.28. The fourth-order valence-electron chi connectivity index (χ4n) is 3.22. The van der Waals surface area contributed by atoms with Crippen molar-refractivity contribution in [3.63, 3.8) is 0 Å². The van der Waals surface area contributed by atoms with E-state index in [9.17, 15) is 22.8 Å². The molecule has 0 saturated carbocycles. The van der Waals surface area contributed by atoms with Crippen LogP contribution in [0, 0.1) is 6.92 Å². The Morgan fingerprint density at radius 1 is 1.17 bits per heavy atom. The number of aryl methyl sites for hydroxylation is 2. The summed E-state index contributed by atoms with van der Waals surface area (Å²) in [7, 11) is 1.52. The zero-order valence-corrected chi connectivity index (χ0v) is 19.6. The number of rotatable bonds is 11. The fraction of sp³-hybridized carbons (Fsp3) is 0.364. The summed E-state index contributed by atoms with van der Waals surface area (Å²) in [4.78, 5) is 29.2. The lowest BCUT2D eigenvalue weighted by atomic mass is 10.1. The molecule has 11 nitrogen and oxygen atoms in total. The first kappa shape index (κ1) is 26.5. The molecule has 194 valence electrons. The smallest absolute Gasteiger partial charge is 0.406 e. The van der Waals surface area contributed by atoms with Crippen molar-refractivity contribution in [3.8, 4) is 5.75 Å². The van der Waals surface area contributed by atoms with E-state index in [1.165, 1.54) is 25.4 Å². The molecule has 3 rings (SSSR count). The van der Waals surface area contributed by atoms with Gasteiger partial charge in [0, 0.05) is 37.8 Å². The third kappa shape index (κ3) is 8.01. The van der Waals surface area contributed by atoms with Crippen LogP contribution in [0.3, 0.4) is 0 Å². The Labute approximate surface area is 204 Å². The molecule has 2 aromatic heterocycles. The SMILES string of the molecule is COCCn1cc(NC(=O)Nc2ccc(OC(F)(F)F)cc2)nc1C(=O)NCCCc1cn[nH]c1C. The number of carbonyl (C=O) groups is 2. The second-order valence-corrected chi connectivity index (χ2v) is 7.67. The Bertz CT molecular complexity index is 1160. The zero-order valence-electron chi connectivity index (χ0n) is 19.6. The van der Waals surface area contributed by atoms with Gasteiger partial charge >= 0.3 is 12.4 Å². The van der Waals surface area contributed by atoms with Crippen LogP contribution >= 0.6 is 0 Å². The molecule has 0 radical (unpaired) electrons. The Hall–Kier alpha value is -4.07. The lowest BCUT2D eigenvalue weighted by Gasteiger charge is -2.10. The van der Waals surface area contributed by atoms with Gasteiger partial charge in [0.25, 0.3) is 5.91 Å². The molecule has 3 aromatic rings. The number of nitrogens with one attached hydrogen (secondary N) is 4. The van der Waals surface area contributed by atoms with E-state index in [1.807, 2.05) is 6.92 Å². The van der Waals surface area contributed by atoms with Crippen molar-refractivity contribution in [2.45, 2.75) is 32.7 Å². The van der Waals surface area contributed by atoms with Gasteiger partial charge in [-0.2, -0.15) is 5.10 Å². The van der Waals surface area contributed by atoms with Crippen molar-refractivity contribution in [3.05, 3.63) is 53.7 Å². The average molecular weight is 509 g/mol. The third-order valence-corrected chi connectivity index (χ3v) is 4.95. The van der Waals surface area contributed by atoms with Gasteiger partial charge in [-0.3, -0.25) is 15.2 Å². The van der Waals surface area contributed by atoms with Crippen molar-refractivity contribution in [2.75, 3.05) is 30.9 Å². The number of hydrogen-bond donors (Lipinski definition) is 4. The molecule has 4 N–H and O–H groups in total.